The lowest BCUT2D eigenvalue weighted by Crippen LogP contribution is -2.27. The van der Waals surface area contributed by atoms with Gasteiger partial charge >= 0.3 is 6.36 Å². The number of halogens is 3. The molecule has 0 aliphatic rings. The Labute approximate surface area is 180 Å². The average molecular weight is 442 g/mol. The van der Waals surface area contributed by atoms with Gasteiger partial charge in [-0.1, -0.05) is 35.5 Å². The predicted octanol–water partition coefficient (Wildman–Crippen LogP) is 4.42. The van der Waals surface area contributed by atoms with Gasteiger partial charge in [-0.3, -0.25) is 4.79 Å². The third-order valence-corrected chi connectivity index (χ3v) is 4.47. The normalized spacial score (nSPS) is 11.3. The number of hydrogen-bond acceptors (Lipinski definition) is 5. The van der Waals surface area contributed by atoms with Crippen LogP contribution in [0.2, 0.25) is 0 Å². The number of benzene rings is 2. The molecule has 0 saturated carbocycles. The average Bonchev–Trinajstić information content (AvgIpc) is 3.42. The summed E-state index contributed by atoms with van der Waals surface area (Å²) in [7, 11) is 0. The van der Waals surface area contributed by atoms with E-state index in [2.05, 4.69) is 20.2 Å². The fraction of sp³-hybridized carbons (Fsp3) is 0.136. The first-order valence-electron chi connectivity index (χ1n) is 9.53. The van der Waals surface area contributed by atoms with Crippen molar-refractivity contribution in [2.24, 2.45) is 0 Å². The third kappa shape index (κ3) is 5.34. The van der Waals surface area contributed by atoms with Crippen LogP contribution in [0.1, 0.15) is 5.56 Å². The van der Waals surface area contributed by atoms with E-state index in [0.29, 0.717) is 17.8 Å². The lowest BCUT2D eigenvalue weighted by Gasteiger charge is -2.08. The molecule has 0 atom stereocenters. The van der Waals surface area contributed by atoms with Gasteiger partial charge in [0.1, 0.15) is 18.0 Å². The Bertz CT molecular complexity index is 1190. The van der Waals surface area contributed by atoms with E-state index in [1.54, 1.807) is 22.9 Å². The molecule has 164 valence electrons. The molecular formula is C22H17F3N4O3. The lowest BCUT2D eigenvalue weighted by atomic mass is 10.2. The summed E-state index contributed by atoms with van der Waals surface area (Å²) < 4.78 is 47.7. The molecule has 0 radical (unpaired) electrons. The van der Waals surface area contributed by atoms with E-state index in [-0.39, 0.29) is 29.9 Å². The van der Waals surface area contributed by atoms with Crippen molar-refractivity contribution in [2.75, 3.05) is 0 Å². The predicted molar refractivity (Wildman–Crippen MR) is 108 cm³/mol. The van der Waals surface area contributed by atoms with Crippen LogP contribution in [0.3, 0.4) is 0 Å². The first-order valence-corrected chi connectivity index (χ1v) is 9.53. The summed E-state index contributed by atoms with van der Waals surface area (Å²) in [5.74, 6) is -0.164. The number of nitrogens with one attached hydrogen (secondary N) is 1. The van der Waals surface area contributed by atoms with Crippen molar-refractivity contribution >= 4 is 5.91 Å². The highest BCUT2D eigenvalue weighted by atomic mass is 19.4. The zero-order valence-corrected chi connectivity index (χ0v) is 16.5. The Balaban J connectivity index is 1.43. The van der Waals surface area contributed by atoms with Gasteiger partial charge < -0.3 is 19.1 Å². The van der Waals surface area contributed by atoms with E-state index in [9.17, 15) is 18.0 Å². The van der Waals surface area contributed by atoms with Gasteiger partial charge in [0.2, 0.25) is 11.7 Å². The molecule has 7 nitrogen and oxygen atoms in total. The number of aromatic nitrogens is 3. The Morgan fingerprint density at radius 1 is 1.03 bits per heavy atom. The summed E-state index contributed by atoms with van der Waals surface area (Å²) in [5.41, 5.74) is 1.98. The van der Waals surface area contributed by atoms with Crippen molar-refractivity contribution in [3.8, 4) is 28.7 Å². The summed E-state index contributed by atoms with van der Waals surface area (Å²) in [6.45, 7) is 0.464. The summed E-state index contributed by atoms with van der Waals surface area (Å²) >= 11 is 0. The summed E-state index contributed by atoms with van der Waals surface area (Å²) in [5, 5.41) is 6.73. The molecule has 1 amide bonds. The number of alkyl halides is 3. The molecule has 0 aliphatic heterocycles. The number of nitrogens with zero attached hydrogens (tertiary/aromatic N) is 3. The van der Waals surface area contributed by atoms with Crippen LogP contribution in [-0.2, 0) is 17.9 Å². The molecule has 10 heteroatoms. The molecule has 2 aromatic heterocycles. The smallest absolute Gasteiger partial charge is 0.406 e. The van der Waals surface area contributed by atoms with Gasteiger partial charge in [0.05, 0.1) is 0 Å². The second kappa shape index (κ2) is 8.96. The molecule has 1 N–H and O–H groups in total. The van der Waals surface area contributed by atoms with Crippen LogP contribution in [0, 0.1) is 0 Å². The highest BCUT2D eigenvalue weighted by Crippen LogP contribution is 2.27. The molecular weight excluding hydrogens is 425 g/mol. The molecule has 0 fully saturated rings. The summed E-state index contributed by atoms with van der Waals surface area (Å²) in [6.07, 6.45) is -3.05. The van der Waals surface area contributed by atoms with Crippen molar-refractivity contribution in [2.45, 2.75) is 19.5 Å². The molecule has 32 heavy (non-hydrogen) atoms. The van der Waals surface area contributed by atoms with Crippen molar-refractivity contribution in [3.63, 3.8) is 0 Å². The minimum atomic E-state index is -4.76. The van der Waals surface area contributed by atoms with Crippen LogP contribution < -0.4 is 10.1 Å². The van der Waals surface area contributed by atoms with E-state index in [0.717, 1.165) is 5.56 Å². The maximum absolute atomic E-state index is 12.3. The lowest BCUT2D eigenvalue weighted by molar-refractivity contribution is -0.274. The molecule has 2 heterocycles. The summed E-state index contributed by atoms with van der Waals surface area (Å²) in [4.78, 5) is 16.6. The fourth-order valence-electron chi connectivity index (χ4n) is 3.00. The minimum absolute atomic E-state index is 0.0519. The van der Waals surface area contributed by atoms with E-state index in [1.807, 2.05) is 30.3 Å². The monoisotopic (exact) mass is 442 g/mol. The second-order valence-corrected chi connectivity index (χ2v) is 6.78. The SMILES string of the molecule is O=C(Cn1cccc1-c1nc(-c2ccc(OC(F)(F)F)cc2)no1)NCc1ccccc1. The maximum Gasteiger partial charge on any atom is 0.573 e. The topological polar surface area (TPSA) is 82.2 Å². The van der Waals surface area contributed by atoms with Gasteiger partial charge in [-0.15, -0.1) is 13.2 Å². The number of carbonyl (C=O) groups is 1. The molecule has 0 saturated heterocycles. The first-order chi connectivity index (χ1) is 15.4. The van der Waals surface area contributed by atoms with E-state index in [1.165, 1.54) is 24.3 Å². The zero-order valence-electron chi connectivity index (χ0n) is 16.5. The van der Waals surface area contributed by atoms with Gasteiger partial charge in [0.25, 0.3) is 5.89 Å². The molecule has 0 bridgehead atoms. The molecule has 4 aromatic rings. The van der Waals surface area contributed by atoms with Crippen molar-refractivity contribution in [1.82, 2.24) is 20.0 Å². The largest absolute Gasteiger partial charge is 0.573 e. The van der Waals surface area contributed by atoms with Crippen LogP contribution >= 0.6 is 0 Å². The number of rotatable bonds is 7. The van der Waals surface area contributed by atoms with Crippen LogP contribution in [0.4, 0.5) is 13.2 Å². The second-order valence-electron chi connectivity index (χ2n) is 6.78. The van der Waals surface area contributed by atoms with Crippen molar-refractivity contribution in [3.05, 3.63) is 78.5 Å². The van der Waals surface area contributed by atoms with Gasteiger partial charge in [-0.05, 0) is 42.0 Å². The number of amides is 1. The fourth-order valence-corrected chi connectivity index (χ4v) is 3.00. The van der Waals surface area contributed by atoms with Crippen LogP contribution in [0.25, 0.3) is 23.0 Å². The van der Waals surface area contributed by atoms with Gasteiger partial charge in [0.15, 0.2) is 0 Å². The van der Waals surface area contributed by atoms with Gasteiger partial charge in [-0.25, -0.2) is 0 Å². The molecule has 0 aliphatic carbocycles. The Kier molecular flexibility index (Phi) is 5.93. The van der Waals surface area contributed by atoms with E-state index < -0.39 is 6.36 Å². The highest BCUT2D eigenvalue weighted by molar-refractivity contribution is 5.76. The molecule has 0 spiro atoms. The third-order valence-electron chi connectivity index (χ3n) is 4.47. The number of ether oxygens (including phenoxy) is 1. The van der Waals surface area contributed by atoms with E-state index >= 15 is 0 Å². The molecule has 0 unspecified atom stereocenters. The minimum Gasteiger partial charge on any atom is -0.406 e. The quantitative estimate of drug-likeness (QED) is 0.458. The van der Waals surface area contributed by atoms with E-state index in [4.69, 9.17) is 4.52 Å². The van der Waals surface area contributed by atoms with Gasteiger partial charge in [-0.2, -0.15) is 4.98 Å². The Morgan fingerprint density at radius 2 is 1.78 bits per heavy atom. The first kappa shape index (κ1) is 21.2. The van der Waals surface area contributed by atoms with Crippen molar-refractivity contribution < 1.29 is 27.2 Å². The molecule has 4 rings (SSSR count). The van der Waals surface area contributed by atoms with Crippen molar-refractivity contribution in [1.29, 1.82) is 0 Å². The Hall–Kier alpha value is -4.08. The van der Waals surface area contributed by atoms with Crippen LogP contribution in [0.15, 0.2) is 77.4 Å². The highest BCUT2D eigenvalue weighted by Gasteiger charge is 2.31. The maximum atomic E-state index is 12.3. The van der Waals surface area contributed by atoms with Crippen LogP contribution in [0.5, 0.6) is 5.75 Å². The number of hydrogen-bond donors (Lipinski definition) is 1. The number of carbonyl (C=O) groups excluding carboxylic acids is 1. The summed E-state index contributed by atoms with van der Waals surface area (Å²) in [6, 6.07) is 18.1. The van der Waals surface area contributed by atoms with Gasteiger partial charge in [0, 0.05) is 18.3 Å². The Morgan fingerprint density at radius 3 is 2.50 bits per heavy atom. The zero-order chi connectivity index (χ0) is 22.6. The standard InChI is InChI=1S/C22H17F3N4O3/c23-22(24,25)31-17-10-8-16(9-11-17)20-27-21(32-28-20)18-7-4-12-29(18)14-19(30)26-13-15-5-2-1-3-6-15/h1-12H,13-14H2,(H,26,30). The molecule has 2 aromatic carbocycles. The van der Waals surface area contributed by atoms with Crippen LogP contribution in [-0.4, -0.2) is 27.0 Å².